The first-order chi connectivity index (χ1) is 10.0. The van der Waals surface area contributed by atoms with E-state index in [4.69, 9.17) is 9.47 Å². The highest BCUT2D eigenvalue weighted by Crippen LogP contribution is 2.25. The summed E-state index contributed by atoms with van der Waals surface area (Å²) in [6.45, 7) is 6.17. The molecule has 21 heavy (non-hydrogen) atoms. The Kier molecular flexibility index (Phi) is 4.84. The predicted molar refractivity (Wildman–Crippen MR) is 84.7 cm³/mol. The first-order valence-electron chi connectivity index (χ1n) is 7.25. The molecule has 0 N–H and O–H groups in total. The lowest BCUT2D eigenvalue weighted by molar-refractivity contribution is -0.147. The highest BCUT2D eigenvalue weighted by molar-refractivity contribution is 5.84. The molecule has 0 aliphatic heterocycles. The fourth-order valence-electron chi connectivity index (χ4n) is 2.15. The fraction of sp³-hybridized carbons (Fsp3) is 0.389. The molecule has 112 valence electrons. The maximum Gasteiger partial charge on any atom is 0.308 e. The van der Waals surface area contributed by atoms with Gasteiger partial charge in [-0.15, -0.1) is 0 Å². The van der Waals surface area contributed by atoms with Gasteiger partial charge in [0.25, 0.3) is 0 Å². The van der Waals surface area contributed by atoms with E-state index in [9.17, 15) is 4.79 Å². The van der Waals surface area contributed by atoms with Gasteiger partial charge in [-0.2, -0.15) is 0 Å². The minimum Gasteiger partial charge on any atom is -0.497 e. The van der Waals surface area contributed by atoms with E-state index in [1.807, 2.05) is 32.0 Å². The number of esters is 1. The Labute approximate surface area is 125 Å². The summed E-state index contributed by atoms with van der Waals surface area (Å²) < 4.78 is 10.5. The zero-order valence-electron chi connectivity index (χ0n) is 13.1. The summed E-state index contributed by atoms with van der Waals surface area (Å²) in [5, 5.41) is 2.31. The molecule has 0 aromatic heterocycles. The van der Waals surface area contributed by atoms with Gasteiger partial charge in [-0.25, -0.2) is 0 Å². The van der Waals surface area contributed by atoms with Gasteiger partial charge in [0.1, 0.15) is 5.75 Å². The van der Waals surface area contributed by atoms with Crippen molar-refractivity contribution in [2.24, 2.45) is 5.92 Å². The largest absolute Gasteiger partial charge is 0.497 e. The van der Waals surface area contributed by atoms with Crippen molar-refractivity contribution >= 4 is 16.7 Å². The van der Waals surface area contributed by atoms with Gasteiger partial charge in [0.2, 0.25) is 0 Å². The van der Waals surface area contributed by atoms with Crippen LogP contribution in [-0.2, 0) is 9.53 Å². The molecule has 3 nitrogen and oxygen atoms in total. The molecule has 2 aromatic rings. The molecule has 0 saturated carbocycles. The molecule has 0 aliphatic rings. The molecule has 2 rings (SSSR count). The topological polar surface area (TPSA) is 35.5 Å². The molecule has 0 saturated heterocycles. The standard InChI is InChI=1S/C18H22O3/c1-12(2)18(19)21-11-13(3)14-5-6-16-10-17(20-4)8-7-15(16)9-14/h5-10,12-13H,11H2,1-4H3/t13-/m1/s1. The third-order valence-corrected chi connectivity index (χ3v) is 3.59. The number of methoxy groups -OCH3 is 1. The minimum atomic E-state index is -0.146. The number of benzene rings is 2. The number of carbonyl (C=O) groups is 1. The predicted octanol–water partition coefficient (Wildman–Crippen LogP) is 4.15. The van der Waals surface area contributed by atoms with E-state index in [1.54, 1.807) is 7.11 Å². The molecule has 1 atom stereocenters. The maximum atomic E-state index is 11.5. The van der Waals surface area contributed by atoms with Crippen LogP contribution in [0, 0.1) is 5.92 Å². The van der Waals surface area contributed by atoms with Crippen molar-refractivity contribution in [3.05, 3.63) is 42.0 Å². The summed E-state index contributed by atoms with van der Waals surface area (Å²) in [6.07, 6.45) is 0. The third kappa shape index (κ3) is 3.75. The van der Waals surface area contributed by atoms with Gasteiger partial charge in [-0.05, 0) is 28.5 Å². The zero-order chi connectivity index (χ0) is 15.4. The van der Waals surface area contributed by atoms with Crippen molar-refractivity contribution in [1.29, 1.82) is 0 Å². The molecule has 0 amide bonds. The Morgan fingerprint density at radius 3 is 2.38 bits per heavy atom. The highest BCUT2D eigenvalue weighted by Gasteiger charge is 2.12. The van der Waals surface area contributed by atoms with Gasteiger partial charge in [0.05, 0.1) is 19.6 Å². The van der Waals surface area contributed by atoms with Crippen LogP contribution < -0.4 is 4.74 Å². The SMILES string of the molecule is COc1ccc2cc([C@H](C)COC(=O)C(C)C)ccc2c1. The minimum absolute atomic E-state index is 0.0822. The number of ether oxygens (including phenoxy) is 2. The molecular formula is C18H22O3. The second-order valence-corrected chi connectivity index (χ2v) is 5.66. The van der Waals surface area contributed by atoms with Crippen molar-refractivity contribution in [2.45, 2.75) is 26.7 Å². The summed E-state index contributed by atoms with van der Waals surface area (Å²) in [7, 11) is 1.67. The first-order valence-corrected chi connectivity index (χ1v) is 7.25. The van der Waals surface area contributed by atoms with Crippen molar-refractivity contribution in [1.82, 2.24) is 0 Å². The second kappa shape index (κ2) is 6.61. The van der Waals surface area contributed by atoms with Crippen LogP contribution in [0.2, 0.25) is 0 Å². The Morgan fingerprint density at radius 2 is 1.71 bits per heavy atom. The van der Waals surface area contributed by atoms with Crippen molar-refractivity contribution in [2.75, 3.05) is 13.7 Å². The Morgan fingerprint density at radius 1 is 1.05 bits per heavy atom. The summed E-state index contributed by atoms with van der Waals surface area (Å²) in [6, 6.07) is 12.3. The molecule has 0 radical (unpaired) electrons. The summed E-state index contributed by atoms with van der Waals surface area (Å²) in [5.41, 5.74) is 1.17. The van der Waals surface area contributed by atoms with Crippen LogP contribution in [0.5, 0.6) is 5.75 Å². The van der Waals surface area contributed by atoms with Crippen LogP contribution in [0.3, 0.4) is 0 Å². The molecule has 0 spiro atoms. The number of hydrogen-bond donors (Lipinski definition) is 0. The monoisotopic (exact) mass is 286 g/mol. The van der Waals surface area contributed by atoms with Crippen LogP contribution >= 0.6 is 0 Å². The van der Waals surface area contributed by atoms with E-state index in [2.05, 4.69) is 25.1 Å². The number of hydrogen-bond acceptors (Lipinski definition) is 3. The van der Waals surface area contributed by atoms with Crippen LogP contribution in [-0.4, -0.2) is 19.7 Å². The van der Waals surface area contributed by atoms with Gasteiger partial charge in [0.15, 0.2) is 0 Å². The Bertz CT molecular complexity index is 631. The zero-order valence-corrected chi connectivity index (χ0v) is 13.1. The van der Waals surface area contributed by atoms with E-state index in [0.717, 1.165) is 16.5 Å². The third-order valence-electron chi connectivity index (χ3n) is 3.59. The van der Waals surface area contributed by atoms with E-state index >= 15 is 0 Å². The van der Waals surface area contributed by atoms with Crippen molar-refractivity contribution < 1.29 is 14.3 Å². The molecule has 0 bridgehead atoms. The quantitative estimate of drug-likeness (QED) is 0.774. The number of carbonyl (C=O) groups excluding carboxylic acids is 1. The van der Waals surface area contributed by atoms with Crippen molar-refractivity contribution in [3.8, 4) is 5.75 Å². The maximum absolute atomic E-state index is 11.5. The van der Waals surface area contributed by atoms with Gasteiger partial charge in [-0.1, -0.05) is 45.0 Å². The molecule has 0 unspecified atom stereocenters. The molecule has 3 heteroatoms. The van der Waals surface area contributed by atoms with Crippen LogP contribution in [0.25, 0.3) is 10.8 Å². The number of rotatable bonds is 5. The smallest absolute Gasteiger partial charge is 0.308 e. The average Bonchev–Trinajstić information content (AvgIpc) is 2.50. The molecular weight excluding hydrogens is 264 g/mol. The average molecular weight is 286 g/mol. The lowest BCUT2D eigenvalue weighted by Crippen LogP contribution is -2.15. The van der Waals surface area contributed by atoms with E-state index in [0.29, 0.717) is 6.61 Å². The Balaban J connectivity index is 2.13. The molecule has 2 aromatic carbocycles. The molecule has 0 fully saturated rings. The fourth-order valence-corrected chi connectivity index (χ4v) is 2.15. The van der Waals surface area contributed by atoms with Gasteiger partial charge in [0, 0.05) is 5.92 Å². The summed E-state index contributed by atoms with van der Waals surface area (Å²) >= 11 is 0. The number of fused-ring (bicyclic) bond motifs is 1. The molecule has 0 aliphatic carbocycles. The summed E-state index contributed by atoms with van der Waals surface area (Å²) in [4.78, 5) is 11.5. The van der Waals surface area contributed by atoms with Gasteiger partial charge < -0.3 is 9.47 Å². The lowest BCUT2D eigenvalue weighted by Gasteiger charge is -2.14. The van der Waals surface area contributed by atoms with Crippen LogP contribution in [0.15, 0.2) is 36.4 Å². The summed E-state index contributed by atoms with van der Waals surface area (Å²) in [5.74, 6) is 0.807. The van der Waals surface area contributed by atoms with Crippen LogP contribution in [0.4, 0.5) is 0 Å². The second-order valence-electron chi connectivity index (χ2n) is 5.66. The van der Waals surface area contributed by atoms with Crippen LogP contribution in [0.1, 0.15) is 32.3 Å². The molecule has 0 heterocycles. The van der Waals surface area contributed by atoms with Gasteiger partial charge in [-0.3, -0.25) is 4.79 Å². The normalized spacial score (nSPS) is 12.4. The highest BCUT2D eigenvalue weighted by atomic mass is 16.5. The van der Waals surface area contributed by atoms with Gasteiger partial charge >= 0.3 is 5.97 Å². The van der Waals surface area contributed by atoms with Crippen molar-refractivity contribution in [3.63, 3.8) is 0 Å². The van der Waals surface area contributed by atoms with E-state index in [-0.39, 0.29) is 17.8 Å². The van der Waals surface area contributed by atoms with E-state index < -0.39 is 0 Å². The Hall–Kier alpha value is -2.03. The van der Waals surface area contributed by atoms with E-state index in [1.165, 1.54) is 5.56 Å². The first kappa shape index (κ1) is 15.4. The lowest BCUT2D eigenvalue weighted by atomic mass is 9.98.